The topological polar surface area (TPSA) is 69.3 Å². The van der Waals surface area contributed by atoms with E-state index in [1.165, 1.54) is 36.3 Å². The van der Waals surface area contributed by atoms with Gasteiger partial charge in [-0.1, -0.05) is 0 Å². The van der Waals surface area contributed by atoms with Crippen molar-refractivity contribution in [2.45, 2.75) is 6.18 Å². The summed E-state index contributed by atoms with van der Waals surface area (Å²) in [6.07, 6.45) is 0.101. The fourth-order valence-corrected chi connectivity index (χ4v) is 2.89. The summed E-state index contributed by atoms with van der Waals surface area (Å²) in [5.41, 5.74) is 0.0816. The molecule has 11 heteroatoms. The first-order valence-electron chi connectivity index (χ1n) is 7.92. The highest BCUT2D eigenvalue weighted by molar-refractivity contribution is 6.28. The molecule has 3 aromatic heterocycles. The smallest absolute Gasteiger partial charge is 0.420 e. The molecule has 1 N–H and O–H groups in total. The summed E-state index contributed by atoms with van der Waals surface area (Å²) < 4.78 is 47.5. The number of anilines is 2. The number of benzene rings is 1. The number of aromatic nitrogens is 5. The van der Waals surface area contributed by atoms with Gasteiger partial charge in [0.05, 0.1) is 18.9 Å². The lowest BCUT2D eigenvalue weighted by molar-refractivity contribution is -0.138. The van der Waals surface area contributed by atoms with Crippen molar-refractivity contribution in [3.05, 3.63) is 59.9 Å². The van der Waals surface area contributed by atoms with E-state index in [4.69, 9.17) is 16.3 Å². The van der Waals surface area contributed by atoms with Gasteiger partial charge in [0.1, 0.15) is 23.4 Å². The van der Waals surface area contributed by atoms with E-state index in [0.717, 1.165) is 6.07 Å². The van der Waals surface area contributed by atoms with Crippen LogP contribution in [0, 0.1) is 0 Å². The van der Waals surface area contributed by atoms with Crippen LogP contribution >= 0.6 is 11.6 Å². The van der Waals surface area contributed by atoms with Crippen LogP contribution in [0.25, 0.3) is 11.2 Å². The quantitative estimate of drug-likeness (QED) is 0.544. The first-order valence-corrected chi connectivity index (χ1v) is 8.30. The van der Waals surface area contributed by atoms with E-state index >= 15 is 0 Å². The summed E-state index contributed by atoms with van der Waals surface area (Å²) >= 11 is 5.91. The first-order chi connectivity index (χ1) is 13.3. The molecule has 28 heavy (non-hydrogen) atoms. The number of fused-ring (bicyclic) bond motifs is 1. The summed E-state index contributed by atoms with van der Waals surface area (Å²) in [6, 6.07) is 7.33. The van der Waals surface area contributed by atoms with Gasteiger partial charge in [0.15, 0.2) is 5.82 Å². The van der Waals surface area contributed by atoms with Crippen LogP contribution in [-0.4, -0.2) is 31.3 Å². The summed E-state index contributed by atoms with van der Waals surface area (Å²) in [5.74, 6) is 0.546. The molecule has 4 aromatic rings. The number of nitrogens with zero attached hydrogens (tertiary/aromatic N) is 5. The van der Waals surface area contributed by atoms with Gasteiger partial charge in [0.2, 0.25) is 5.28 Å². The lowest BCUT2D eigenvalue weighted by Gasteiger charge is -2.13. The van der Waals surface area contributed by atoms with Gasteiger partial charge in [-0.15, -0.1) is 5.10 Å². The van der Waals surface area contributed by atoms with Crippen molar-refractivity contribution in [2.24, 2.45) is 0 Å². The van der Waals surface area contributed by atoms with Crippen LogP contribution in [0.2, 0.25) is 5.28 Å². The summed E-state index contributed by atoms with van der Waals surface area (Å²) in [4.78, 5) is 8.30. The monoisotopic (exact) mass is 408 g/mol. The number of hydrogen-bond donors (Lipinski definition) is 1. The third-order valence-electron chi connectivity index (χ3n) is 3.98. The van der Waals surface area contributed by atoms with E-state index in [0.29, 0.717) is 17.2 Å². The molecule has 0 saturated heterocycles. The highest BCUT2D eigenvalue weighted by Crippen LogP contribution is 2.37. The fourth-order valence-electron chi connectivity index (χ4n) is 2.73. The Labute approximate surface area is 161 Å². The van der Waals surface area contributed by atoms with Crippen molar-refractivity contribution in [2.75, 3.05) is 12.4 Å². The molecule has 0 aliphatic carbocycles. The number of alkyl halides is 3. The van der Waals surface area contributed by atoms with E-state index in [9.17, 15) is 13.2 Å². The van der Waals surface area contributed by atoms with Gasteiger partial charge < -0.3 is 14.6 Å². The molecular formula is C17H12ClF3N6O. The zero-order valence-corrected chi connectivity index (χ0v) is 15.0. The zero-order valence-electron chi connectivity index (χ0n) is 14.3. The molecular weight excluding hydrogens is 397 g/mol. The molecule has 3 heterocycles. The van der Waals surface area contributed by atoms with Crippen LogP contribution in [0.5, 0.6) is 5.75 Å². The summed E-state index contributed by atoms with van der Waals surface area (Å²) in [6.45, 7) is 0. The second-order valence-electron chi connectivity index (χ2n) is 5.74. The number of rotatable bonds is 4. The molecule has 144 valence electrons. The van der Waals surface area contributed by atoms with Crippen molar-refractivity contribution < 1.29 is 17.9 Å². The van der Waals surface area contributed by atoms with Gasteiger partial charge in [-0.2, -0.15) is 18.2 Å². The van der Waals surface area contributed by atoms with Crippen molar-refractivity contribution in [3.63, 3.8) is 0 Å². The largest absolute Gasteiger partial charge is 0.496 e. The molecule has 0 aliphatic heterocycles. The zero-order chi connectivity index (χ0) is 19.9. The molecule has 1 aromatic carbocycles. The fraction of sp³-hybridized carbons (Fsp3) is 0.118. The average Bonchev–Trinajstić information content (AvgIpc) is 3.29. The Kier molecular flexibility index (Phi) is 4.34. The molecule has 7 nitrogen and oxygen atoms in total. The number of ether oxygens (including phenoxy) is 1. The molecule has 0 atom stereocenters. The molecule has 0 saturated carbocycles. The SMILES string of the molecule is COc1ccc(-n2cnc(Nc3nc(Cl)nn4cccc34)c2)cc1C(F)(F)F. The van der Waals surface area contributed by atoms with Crippen LogP contribution in [-0.2, 0) is 6.18 Å². The number of nitrogens with one attached hydrogen (secondary N) is 1. The van der Waals surface area contributed by atoms with E-state index < -0.39 is 11.7 Å². The van der Waals surface area contributed by atoms with Crippen LogP contribution in [0.1, 0.15) is 5.56 Å². The van der Waals surface area contributed by atoms with Crippen molar-refractivity contribution in [1.29, 1.82) is 0 Å². The number of halogens is 4. The number of methoxy groups -OCH3 is 1. The Morgan fingerprint density at radius 2 is 2.04 bits per heavy atom. The normalized spacial score (nSPS) is 11.8. The van der Waals surface area contributed by atoms with Crippen LogP contribution in [0.4, 0.5) is 24.8 Å². The van der Waals surface area contributed by atoms with E-state index in [-0.39, 0.29) is 16.7 Å². The molecule has 0 bridgehead atoms. The Morgan fingerprint density at radius 3 is 2.79 bits per heavy atom. The van der Waals surface area contributed by atoms with E-state index in [1.807, 2.05) is 0 Å². The second-order valence-corrected chi connectivity index (χ2v) is 6.08. The molecule has 0 amide bonds. The molecule has 0 spiro atoms. The minimum absolute atomic E-state index is 0.0376. The van der Waals surface area contributed by atoms with Crippen LogP contribution < -0.4 is 10.1 Å². The van der Waals surface area contributed by atoms with Gasteiger partial charge >= 0.3 is 6.18 Å². The summed E-state index contributed by atoms with van der Waals surface area (Å²) in [5, 5.41) is 7.06. The predicted molar refractivity (Wildman–Crippen MR) is 96.4 cm³/mol. The molecule has 0 fully saturated rings. The lowest BCUT2D eigenvalue weighted by atomic mass is 10.1. The molecule has 0 unspecified atom stereocenters. The first kappa shape index (κ1) is 18.1. The molecule has 4 rings (SSSR count). The van der Waals surface area contributed by atoms with Crippen molar-refractivity contribution >= 4 is 28.8 Å². The number of hydrogen-bond acceptors (Lipinski definition) is 5. The average molecular weight is 409 g/mol. The maximum absolute atomic E-state index is 13.2. The summed E-state index contributed by atoms with van der Waals surface area (Å²) in [7, 11) is 1.19. The second kappa shape index (κ2) is 6.71. The van der Waals surface area contributed by atoms with Gasteiger partial charge in [0.25, 0.3) is 0 Å². The Bertz CT molecular complexity index is 1150. The third kappa shape index (κ3) is 3.33. The standard InChI is InChI=1S/C17H12ClF3N6O/c1-28-13-5-4-10(7-11(13)17(19,20)21)26-8-14(22-9-26)23-15-12-3-2-6-27(12)25-16(18)24-15/h2-9H,1H3,(H,23,24,25). The minimum Gasteiger partial charge on any atom is -0.496 e. The molecule has 0 aliphatic rings. The Morgan fingerprint density at radius 1 is 1.21 bits per heavy atom. The lowest BCUT2D eigenvalue weighted by Crippen LogP contribution is -2.08. The minimum atomic E-state index is -4.54. The highest BCUT2D eigenvalue weighted by atomic mass is 35.5. The van der Waals surface area contributed by atoms with Gasteiger partial charge in [0, 0.05) is 11.9 Å². The highest BCUT2D eigenvalue weighted by Gasteiger charge is 2.34. The van der Waals surface area contributed by atoms with Gasteiger partial charge in [-0.05, 0) is 41.9 Å². The Hall–Kier alpha value is -3.27. The van der Waals surface area contributed by atoms with Crippen molar-refractivity contribution in [1.82, 2.24) is 24.1 Å². The molecule has 0 radical (unpaired) electrons. The van der Waals surface area contributed by atoms with Gasteiger partial charge in [-0.25, -0.2) is 9.50 Å². The Balaban J connectivity index is 1.67. The maximum atomic E-state index is 13.2. The predicted octanol–water partition coefficient (Wildman–Crippen LogP) is 4.34. The van der Waals surface area contributed by atoms with Crippen molar-refractivity contribution in [3.8, 4) is 11.4 Å². The van der Waals surface area contributed by atoms with Crippen LogP contribution in [0.3, 0.4) is 0 Å². The van der Waals surface area contributed by atoms with Gasteiger partial charge in [-0.3, -0.25) is 0 Å². The number of imidazole rings is 1. The maximum Gasteiger partial charge on any atom is 0.420 e. The van der Waals surface area contributed by atoms with E-state index in [1.54, 1.807) is 22.8 Å². The van der Waals surface area contributed by atoms with E-state index in [2.05, 4.69) is 20.4 Å². The third-order valence-corrected chi connectivity index (χ3v) is 4.14. The van der Waals surface area contributed by atoms with Crippen LogP contribution in [0.15, 0.2) is 49.1 Å².